The summed E-state index contributed by atoms with van der Waals surface area (Å²) in [6, 6.07) is 17.3. The van der Waals surface area contributed by atoms with Gasteiger partial charge in [0.2, 0.25) is 10.9 Å². The van der Waals surface area contributed by atoms with Crippen LogP contribution in [0.25, 0.3) is 21.9 Å². The van der Waals surface area contributed by atoms with E-state index < -0.39 is 11.5 Å². The van der Waals surface area contributed by atoms with Gasteiger partial charge >= 0.3 is 0 Å². The third-order valence-electron chi connectivity index (χ3n) is 5.68. The molecular weight excluding hydrogens is 500 g/mol. The number of carbonyl (C=O) groups is 2. The fourth-order valence-electron chi connectivity index (χ4n) is 4.04. The molecule has 0 saturated carbocycles. The maximum Gasteiger partial charge on any atom is 0.291 e. The van der Waals surface area contributed by atoms with Gasteiger partial charge in [-0.3, -0.25) is 24.3 Å². The predicted octanol–water partition coefficient (Wildman–Crippen LogP) is 2.77. The van der Waals surface area contributed by atoms with E-state index in [9.17, 15) is 14.4 Å². The molecular formula is C25H15ClN6O3S. The highest BCUT2D eigenvalue weighted by Gasteiger charge is 2.35. The summed E-state index contributed by atoms with van der Waals surface area (Å²) in [7, 11) is 0. The second kappa shape index (κ2) is 8.67. The van der Waals surface area contributed by atoms with Crippen molar-refractivity contribution >= 4 is 56.7 Å². The molecule has 0 unspecified atom stereocenters. The first-order chi connectivity index (χ1) is 17.5. The highest BCUT2D eigenvalue weighted by atomic mass is 35.5. The van der Waals surface area contributed by atoms with E-state index in [1.165, 1.54) is 9.42 Å². The summed E-state index contributed by atoms with van der Waals surface area (Å²) in [5.74, 6) is -0.414. The number of rotatable bonds is 4. The number of benzene rings is 2. The molecule has 1 aliphatic rings. The molecule has 0 bridgehead atoms. The first-order valence-corrected chi connectivity index (χ1v) is 12.0. The molecule has 0 fully saturated rings. The average molecular weight is 515 g/mol. The van der Waals surface area contributed by atoms with Gasteiger partial charge < -0.3 is 5.32 Å². The lowest BCUT2D eigenvalue weighted by Crippen LogP contribution is -2.37. The molecule has 0 radical (unpaired) electrons. The number of aromatic nitrogens is 4. The number of nitrogens with one attached hydrogen (secondary N) is 1. The maximum absolute atomic E-state index is 13.5. The quantitative estimate of drug-likeness (QED) is 0.395. The Balaban J connectivity index is 1.39. The van der Waals surface area contributed by atoms with Gasteiger partial charge in [0.25, 0.3) is 11.5 Å². The number of thiazole rings is 1. The molecule has 36 heavy (non-hydrogen) atoms. The minimum Gasteiger partial charge on any atom is -0.325 e. The van der Waals surface area contributed by atoms with Crippen LogP contribution < -0.4 is 20.3 Å². The monoisotopic (exact) mass is 514 g/mol. The molecule has 4 heterocycles. The van der Waals surface area contributed by atoms with Crippen molar-refractivity contribution in [3.05, 3.63) is 98.5 Å². The van der Waals surface area contributed by atoms with E-state index in [0.717, 1.165) is 16.9 Å². The van der Waals surface area contributed by atoms with Crippen LogP contribution in [0.15, 0.2) is 77.9 Å². The molecule has 1 N–H and O–H groups in total. The van der Waals surface area contributed by atoms with Gasteiger partial charge in [0, 0.05) is 34.2 Å². The normalized spacial score (nSPS) is 14.4. The Kier molecular flexibility index (Phi) is 5.32. The molecule has 6 rings (SSSR count). The van der Waals surface area contributed by atoms with Crippen LogP contribution >= 0.6 is 22.9 Å². The lowest BCUT2D eigenvalue weighted by Gasteiger charge is -2.16. The fraction of sp³-hybridized carbons (Fsp3) is 0.0400. The van der Waals surface area contributed by atoms with Gasteiger partial charge in [0.05, 0.1) is 11.3 Å². The zero-order valence-corrected chi connectivity index (χ0v) is 20.0. The Morgan fingerprint density at radius 3 is 2.50 bits per heavy atom. The van der Waals surface area contributed by atoms with Crippen molar-refractivity contribution in [1.29, 1.82) is 0 Å². The SMILES string of the molecule is O=C(CN1C(=O)/C(=c2\sc3nc(-c4ccncc4)nn3c2=O)c2ccccc21)Nc1ccc(Cl)cc1. The van der Waals surface area contributed by atoms with Crippen LogP contribution in [0.4, 0.5) is 11.4 Å². The predicted molar refractivity (Wildman–Crippen MR) is 137 cm³/mol. The van der Waals surface area contributed by atoms with Crippen LogP contribution in [0.1, 0.15) is 5.56 Å². The molecule has 11 heteroatoms. The van der Waals surface area contributed by atoms with Crippen LogP contribution in [0, 0.1) is 0 Å². The van der Waals surface area contributed by atoms with Gasteiger partial charge in [-0.25, -0.2) is 0 Å². The highest BCUT2D eigenvalue weighted by molar-refractivity contribution is 7.15. The second-order valence-corrected chi connectivity index (χ2v) is 9.35. The summed E-state index contributed by atoms with van der Waals surface area (Å²) in [6.45, 7) is -0.219. The highest BCUT2D eigenvalue weighted by Crippen LogP contribution is 2.35. The summed E-state index contributed by atoms with van der Waals surface area (Å²) >= 11 is 7.00. The third-order valence-corrected chi connectivity index (χ3v) is 6.96. The summed E-state index contributed by atoms with van der Waals surface area (Å²) in [5.41, 5.74) is 2.23. The molecule has 0 aliphatic carbocycles. The van der Waals surface area contributed by atoms with Crippen molar-refractivity contribution in [1.82, 2.24) is 19.6 Å². The second-order valence-electron chi connectivity index (χ2n) is 7.94. The zero-order valence-electron chi connectivity index (χ0n) is 18.4. The largest absolute Gasteiger partial charge is 0.325 e. The first-order valence-electron chi connectivity index (χ1n) is 10.8. The van der Waals surface area contributed by atoms with Gasteiger partial charge in [-0.05, 0) is 42.5 Å². The van der Waals surface area contributed by atoms with Gasteiger partial charge in [-0.1, -0.05) is 41.1 Å². The molecule has 3 aromatic heterocycles. The van der Waals surface area contributed by atoms with E-state index in [1.807, 2.05) is 0 Å². The number of hydrogen-bond donors (Lipinski definition) is 1. The number of anilines is 2. The Bertz CT molecular complexity index is 1770. The van der Waals surface area contributed by atoms with Gasteiger partial charge in [-0.15, -0.1) is 5.10 Å². The van der Waals surface area contributed by atoms with Gasteiger partial charge in [0.15, 0.2) is 5.82 Å². The Morgan fingerprint density at radius 2 is 1.75 bits per heavy atom. The van der Waals surface area contributed by atoms with Crippen LogP contribution in [-0.4, -0.2) is 37.9 Å². The molecule has 176 valence electrons. The van der Waals surface area contributed by atoms with E-state index >= 15 is 0 Å². The van der Waals surface area contributed by atoms with Gasteiger partial charge in [-0.2, -0.15) is 9.50 Å². The van der Waals surface area contributed by atoms with Crippen molar-refractivity contribution in [2.75, 3.05) is 16.8 Å². The molecule has 5 aromatic rings. The molecule has 2 amide bonds. The number of pyridine rings is 1. The van der Waals surface area contributed by atoms with E-state index in [4.69, 9.17) is 11.6 Å². The first kappa shape index (κ1) is 22.1. The lowest BCUT2D eigenvalue weighted by atomic mass is 10.1. The van der Waals surface area contributed by atoms with E-state index in [2.05, 4.69) is 20.4 Å². The van der Waals surface area contributed by atoms with Crippen molar-refractivity contribution in [3.63, 3.8) is 0 Å². The topological polar surface area (TPSA) is 110 Å². The molecule has 2 aromatic carbocycles. The number of fused-ring (bicyclic) bond motifs is 2. The van der Waals surface area contributed by atoms with Crippen LogP contribution in [0.2, 0.25) is 5.02 Å². The minimum atomic E-state index is -0.437. The van der Waals surface area contributed by atoms with Crippen molar-refractivity contribution in [2.24, 2.45) is 0 Å². The summed E-state index contributed by atoms with van der Waals surface area (Å²) in [5, 5.41) is 7.65. The Hall–Kier alpha value is -4.41. The molecule has 0 spiro atoms. The molecule has 1 aliphatic heterocycles. The van der Waals surface area contributed by atoms with Crippen molar-refractivity contribution < 1.29 is 9.59 Å². The maximum atomic E-state index is 13.5. The molecule has 9 nitrogen and oxygen atoms in total. The van der Waals surface area contributed by atoms with E-state index in [1.54, 1.807) is 73.1 Å². The summed E-state index contributed by atoms with van der Waals surface area (Å²) in [4.78, 5) is 49.8. The van der Waals surface area contributed by atoms with Crippen LogP contribution in [0.3, 0.4) is 0 Å². The molecule has 0 atom stereocenters. The van der Waals surface area contributed by atoms with E-state index in [-0.39, 0.29) is 22.6 Å². The number of halogens is 1. The number of nitrogens with zero attached hydrogens (tertiary/aromatic N) is 5. The number of carbonyl (C=O) groups excluding carboxylic acids is 2. The minimum absolute atomic E-state index is 0.219. The van der Waals surface area contributed by atoms with Gasteiger partial charge in [0.1, 0.15) is 11.1 Å². The van der Waals surface area contributed by atoms with Crippen LogP contribution in [-0.2, 0) is 9.59 Å². The lowest BCUT2D eigenvalue weighted by molar-refractivity contribution is -0.118. The van der Waals surface area contributed by atoms with Crippen LogP contribution in [0.5, 0.6) is 0 Å². The Morgan fingerprint density at radius 1 is 1.00 bits per heavy atom. The Labute approximate surface area is 212 Å². The molecule has 0 saturated heterocycles. The zero-order chi connectivity index (χ0) is 24.8. The average Bonchev–Trinajstić information content (AvgIpc) is 3.52. The summed E-state index contributed by atoms with van der Waals surface area (Å²) in [6.07, 6.45) is 3.24. The number of hydrogen-bond acceptors (Lipinski definition) is 7. The smallest absolute Gasteiger partial charge is 0.291 e. The fourth-order valence-corrected chi connectivity index (χ4v) is 5.17. The number of amides is 2. The van der Waals surface area contributed by atoms with Crippen molar-refractivity contribution in [3.8, 4) is 11.4 Å². The van der Waals surface area contributed by atoms with Crippen molar-refractivity contribution in [2.45, 2.75) is 0 Å². The number of para-hydroxylation sites is 1. The third kappa shape index (κ3) is 3.72. The summed E-state index contributed by atoms with van der Waals surface area (Å²) < 4.78 is 1.43. The van der Waals surface area contributed by atoms with E-state index in [0.29, 0.717) is 32.7 Å². The standard InChI is InChI=1S/C25H15ClN6O3S/c26-15-5-7-16(8-6-15)28-19(33)13-31-18-4-2-1-3-17(18)20(23(31)34)21-24(35)32-25(36-21)29-22(30-32)14-9-11-27-12-10-14/h1-12H,13H2,(H,28,33)/b21-20-.